The second kappa shape index (κ2) is 6.23. The Morgan fingerprint density at radius 1 is 1.41 bits per heavy atom. The third-order valence-corrected chi connectivity index (χ3v) is 4.06. The fraction of sp³-hybridized carbons (Fsp3) is 0.353. The van der Waals surface area contributed by atoms with Crippen molar-refractivity contribution in [3.05, 3.63) is 48.2 Å². The number of aryl methyl sites for hydroxylation is 1. The molecule has 22 heavy (non-hydrogen) atoms. The zero-order valence-electron chi connectivity index (χ0n) is 13.3. The number of ether oxygens (including phenoxy) is 1. The van der Waals surface area contributed by atoms with Crippen LogP contribution in [0.25, 0.3) is 10.9 Å². The first-order valence-electron chi connectivity index (χ1n) is 7.54. The molecule has 0 aliphatic heterocycles. The van der Waals surface area contributed by atoms with Gasteiger partial charge in [-0.25, -0.2) is 4.98 Å². The van der Waals surface area contributed by atoms with Crippen LogP contribution in [0, 0.1) is 0 Å². The van der Waals surface area contributed by atoms with Crippen molar-refractivity contribution < 1.29 is 4.74 Å². The quantitative estimate of drug-likeness (QED) is 0.736. The third-order valence-electron chi connectivity index (χ3n) is 4.06. The van der Waals surface area contributed by atoms with Gasteiger partial charge in [-0.05, 0) is 37.6 Å². The van der Waals surface area contributed by atoms with Crippen molar-refractivity contribution in [1.82, 2.24) is 19.9 Å². The Bertz CT molecular complexity index is 759. The van der Waals surface area contributed by atoms with E-state index in [1.165, 1.54) is 10.9 Å². The maximum absolute atomic E-state index is 5.47. The Morgan fingerprint density at radius 3 is 3.00 bits per heavy atom. The molecule has 1 atom stereocenters. The Morgan fingerprint density at radius 2 is 2.27 bits per heavy atom. The third kappa shape index (κ3) is 2.72. The molecule has 3 aromatic rings. The van der Waals surface area contributed by atoms with Crippen molar-refractivity contribution in [3.63, 3.8) is 0 Å². The molecule has 3 rings (SSSR count). The number of hydrogen-bond donors (Lipinski definition) is 2. The Hall–Kier alpha value is -2.27. The number of aromatic nitrogens is 3. The fourth-order valence-electron chi connectivity index (χ4n) is 2.90. The molecule has 1 unspecified atom stereocenters. The summed E-state index contributed by atoms with van der Waals surface area (Å²) in [7, 11) is 3.73. The van der Waals surface area contributed by atoms with Crippen molar-refractivity contribution in [1.29, 1.82) is 0 Å². The lowest BCUT2D eigenvalue weighted by Crippen LogP contribution is -2.23. The highest BCUT2D eigenvalue weighted by Gasteiger charge is 2.11. The molecule has 2 N–H and O–H groups in total. The highest BCUT2D eigenvalue weighted by molar-refractivity contribution is 5.89. The lowest BCUT2D eigenvalue weighted by Gasteiger charge is -2.13. The maximum atomic E-state index is 5.47. The standard InChI is InChI=1S/C17H22N4O/c1-12(17-19-9-10-21(17)2)18-8-7-13-11-20-14-5-4-6-15(22-3)16(13)14/h4-6,9-12,18,20H,7-8H2,1-3H3. The minimum Gasteiger partial charge on any atom is -0.496 e. The fourth-order valence-corrected chi connectivity index (χ4v) is 2.90. The summed E-state index contributed by atoms with van der Waals surface area (Å²) in [5, 5.41) is 4.71. The zero-order chi connectivity index (χ0) is 15.5. The van der Waals surface area contributed by atoms with Gasteiger partial charge < -0.3 is 19.6 Å². The molecule has 2 aromatic heterocycles. The first-order chi connectivity index (χ1) is 10.7. The minimum absolute atomic E-state index is 0.229. The first-order valence-corrected chi connectivity index (χ1v) is 7.54. The number of imidazole rings is 1. The Labute approximate surface area is 130 Å². The average molecular weight is 298 g/mol. The number of fused-ring (bicyclic) bond motifs is 1. The van der Waals surface area contributed by atoms with Crippen LogP contribution in [-0.2, 0) is 13.5 Å². The lowest BCUT2D eigenvalue weighted by molar-refractivity contribution is 0.419. The van der Waals surface area contributed by atoms with Gasteiger partial charge in [0.05, 0.1) is 13.2 Å². The van der Waals surface area contributed by atoms with Gasteiger partial charge in [-0.3, -0.25) is 0 Å². The van der Waals surface area contributed by atoms with Gasteiger partial charge in [-0.15, -0.1) is 0 Å². The van der Waals surface area contributed by atoms with E-state index in [1.54, 1.807) is 7.11 Å². The molecular formula is C17H22N4O. The van der Waals surface area contributed by atoms with E-state index in [0.29, 0.717) is 0 Å². The van der Waals surface area contributed by atoms with Crippen molar-refractivity contribution in [2.75, 3.05) is 13.7 Å². The van der Waals surface area contributed by atoms with E-state index >= 15 is 0 Å². The van der Waals surface area contributed by atoms with Crippen LogP contribution in [0.5, 0.6) is 5.75 Å². The van der Waals surface area contributed by atoms with E-state index in [4.69, 9.17) is 4.74 Å². The lowest BCUT2D eigenvalue weighted by atomic mass is 10.1. The smallest absolute Gasteiger partial charge is 0.128 e. The summed E-state index contributed by atoms with van der Waals surface area (Å²) in [5.41, 5.74) is 2.39. The van der Waals surface area contributed by atoms with Crippen molar-refractivity contribution in [3.8, 4) is 5.75 Å². The summed E-state index contributed by atoms with van der Waals surface area (Å²) < 4.78 is 7.52. The van der Waals surface area contributed by atoms with E-state index in [-0.39, 0.29) is 6.04 Å². The van der Waals surface area contributed by atoms with Crippen molar-refractivity contribution in [2.45, 2.75) is 19.4 Å². The Kier molecular flexibility index (Phi) is 4.15. The molecule has 0 aliphatic rings. The minimum atomic E-state index is 0.229. The maximum Gasteiger partial charge on any atom is 0.128 e. The van der Waals surface area contributed by atoms with Crippen LogP contribution in [0.4, 0.5) is 0 Å². The number of nitrogens with zero attached hydrogens (tertiary/aromatic N) is 2. The van der Waals surface area contributed by atoms with Crippen LogP contribution >= 0.6 is 0 Å². The average Bonchev–Trinajstić information content (AvgIpc) is 3.13. The zero-order valence-corrected chi connectivity index (χ0v) is 13.3. The molecule has 0 radical (unpaired) electrons. The number of benzene rings is 1. The van der Waals surface area contributed by atoms with E-state index in [9.17, 15) is 0 Å². The van der Waals surface area contributed by atoms with Gasteiger partial charge in [0.25, 0.3) is 0 Å². The number of H-pyrrole nitrogens is 1. The molecule has 0 spiro atoms. The molecule has 0 fully saturated rings. The summed E-state index contributed by atoms with van der Waals surface area (Å²) in [5.74, 6) is 1.97. The predicted molar refractivity (Wildman–Crippen MR) is 88.2 cm³/mol. The van der Waals surface area contributed by atoms with Gasteiger partial charge in [0.2, 0.25) is 0 Å². The molecule has 5 heteroatoms. The SMILES string of the molecule is COc1cccc2[nH]cc(CCNC(C)c3nccn3C)c12. The monoisotopic (exact) mass is 298 g/mol. The van der Waals surface area contributed by atoms with Crippen LogP contribution in [0.1, 0.15) is 24.4 Å². The predicted octanol–water partition coefficient (Wildman–Crippen LogP) is 2.80. The largest absolute Gasteiger partial charge is 0.496 e. The van der Waals surface area contributed by atoms with E-state index in [2.05, 4.69) is 34.5 Å². The van der Waals surface area contributed by atoms with Crippen molar-refractivity contribution in [2.24, 2.45) is 7.05 Å². The number of methoxy groups -OCH3 is 1. The van der Waals surface area contributed by atoms with Gasteiger partial charge in [-0.1, -0.05) is 6.07 Å². The molecule has 0 amide bonds. The van der Waals surface area contributed by atoms with Crippen LogP contribution in [0.2, 0.25) is 0 Å². The van der Waals surface area contributed by atoms with Gasteiger partial charge in [0, 0.05) is 36.5 Å². The van der Waals surface area contributed by atoms with Crippen molar-refractivity contribution >= 4 is 10.9 Å². The summed E-state index contributed by atoms with van der Waals surface area (Å²) in [4.78, 5) is 7.70. The second-order valence-electron chi connectivity index (χ2n) is 5.52. The molecule has 0 bridgehead atoms. The summed E-state index contributed by atoms with van der Waals surface area (Å²) in [6, 6.07) is 6.31. The summed E-state index contributed by atoms with van der Waals surface area (Å²) in [6.45, 7) is 3.02. The molecule has 0 saturated carbocycles. The highest BCUT2D eigenvalue weighted by Crippen LogP contribution is 2.28. The summed E-state index contributed by atoms with van der Waals surface area (Å²) in [6.07, 6.45) is 6.81. The summed E-state index contributed by atoms with van der Waals surface area (Å²) >= 11 is 0. The van der Waals surface area contributed by atoms with Gasteiger partial charge in [-0.2, -0.15) is 0 Å². The topological polar surface area (TPSA) is 54.9 Å². The van der Waals surface area contributed by atoms with E-state index < -0.39 is 0 Å². The van der Waals surface area contributed by atoms with Crippen LogP contribution in [0.3, 0.4) is 0 Å². The Balaban J connectivity index is 1.68. The van der Waals surface area contributed by atoms with Gasteiger partial charge >= 0.3 is 0 Å². The normalized spacial score (nSPS) is 12.7. The van der Waals surface area contributed by atoms with E-state index in [1.807, 2.05) is 36.1 Å². The first kappa shape index (κ1) is 14.7. The van der Waals surface area contributed by atoms with Gasteiger partial charge in [0.1, 0.15) is 11.6 Å². The number of rotatable bonds is 6. The second-order valence-corrected chi connectivity index (χ2v) is 5.52. The number of hydrogen-bond acceptors (Lipinski definition) is 3. The van der Waals surface area contributed by atoms with Gasteiger partial charge in [0.15, 0.2) is 0 Å². The van der Waals surface area contributed by atoms with Crippen LogP contribution < -0.4 is 10.1 Å². The molecule has 1 aromatic carbocycles. The molecular weight excluding hydrogens is 276 g/mol. The van der Waals surface area contributed by atoms with E-state index in [0.717, 1.165) is 30.1 Å². The van der Waals surface area contributed by atoms with Crippen LogP contribution in [0.15, 0.2) is 36.8 Å². The molecule has 116 valence electrons. The van der Waals surface area contributed by atoms with Crippen LogP contribution in [-0.4, -0.2) is 28.2 Å². The number of aromatic amines is 1. The molecule has 0 aliphatic carbocycles. The molecule has 0 saturated heterocycles. The highest BCUT2D eigenvalue weighted by atomic mass is 16.5. The molecule has 5 nitrogen and oxygen atoms in total. The molecule has 2 heterocycles. The number of nitrogens with one attached hydrogen (secondary N) is 2.